The summed E-state index contributed by atoms with van der Waals surface area (Å²) in [6, 6.07) is 12.1. The molecule has 1 atom stereocenters. The van der Waals surface area contributed by atoms with Gasteiger partial charge in [-0.25, -0.2) is 9.97 Å². The van der Waals surface area contributed by atoms with Gasteiger partial charge < -0.3 is 8.98 Å². The third kappa shape index (κ3) is 4.00. The molecule has 0 saturated carbocycles. The molecule has 26 heavy (non-hydrogen) atoms. The lowest BCUT2D eigenvalue weighted by atomic mass is 10.2. The molecule has 3 aromatic heterocycles. The van der Waals surface area contributed by atoms with Gasteiger partial charge in [0, 0.05) is 40.7 Å². The Balaban J connectivity index is 1.41. The second-order valence-electron chi connectivity index (χ2n) is 5.84. The van der Waals surface area contributed by atoms with Crippen LogP contribution in [0.4, 0.5) is 0 Å². The molecule has 0 radical (unpaired) electrons. The van der Waals surface area contributed by atoms with Crippen LogP contribution in [0.2, 0.25) is 0 Å². The average molecular weight is 383 g/mol. The van der Waals surface area contributed by atoms with Crippen molar-refractivity contribution in [1.29, 1.82) is 0 Å². The quantitative estimate of drug-likeness (QED) is 0.482. The van der Waals surface area contributed by atoms with E-state index in [-0.39, 0.29) is 0 Å². The Morgan fingerprint density at radius 2 is 2.04 bits per heavy atom. The van der Waals surface area contributed by atoms with Crippen LogP contribution in [-0.2, 0) is 28.9 Å². The fourth-order valence-electron chi connectivity index (χ4n) is 2.66. The van der Waals surface area contributed by atoms with E-state index in [9.17, 15) is 4.21 Å². The number of hydrogen-bond acceptors (Lipinski definition) is 5. The molecular formula is C19H17N3O2S2. The second kappa shape index (κ2) is 7.80. The highest BCUT2D eigenvalue weighted by Gasteiger charge is 2.12. The van der Waals surface area contributed by atoms with Crippen LogP contribution in [0.15, 0.2) is 71.1 Å². The first-order valence-corrected chi connectivity index (χ1v) is 10.5. The monoisotopic (exact) mass is 383 g/mol. The van der Waals surface area contributed by atoms with Gasteiger partial charge in [-0.1, -0.05) is 30.3 Å². The highest BCUT2D eigenvalue weighted by Crippen LogP contribution is 2.24. The summed E-state index contributed by atoms with van der Waals surface area (Å²) in [5.41, 5.74) is 2.98. The number of aromatic nitrogens is 3. The largest absolute Gasteiger partial charge is 0.472 e. The molecule has 0 fully saturated rings. The Labute approximate surface area is 157 Å². The summed E-state index contributed by atoms with van der Waals surface area (Å²) in [5.74, 6) is 1.67. The fourth-order valence-corrected chi connectivity index (χ4v) is 4.68. The van der Waals surface area contributed by atoms with Crippen molar-refractivity contribution < 1.29 is 8.63 Å². The van der Waals surface area contributed by atoms with Gasteiger partial charge in [0.05, 0.1) is 23.5 Å². The van der Waals surface area contributed by atoms with Crippen LogP contribution in [0.1, 0.15) is 17.1 Å². The van der Waals surface area contributed by atoms with Gasteiger partial charge in [-0.05, 0) is 11.6 Å². The van der Waals surface area contributed by atoms with Crippen LogP contribution in [-0.4, -0.2) is 18.7 Å². The Bertz CT molecular complexity index is 991. The summed E-state index contributed by atoms with van der Waals surface area (Å²) < 4.78 is 19.7. The van der Waals surface area contributed by atoms with E-state index in [1.54, 1.807) is 18.7 Å². The number of furan rings is 1. The molecule has 0 aliphatic rings. The number of nitrogens with zero attached hydrogens (tertiary/aromatic N) is 3. The van der Waals surface area contributed by atoms with Crippen LogP contribution < -0.4 is 0 Å². The van der Waals surface area contributed by atoms with Crippen molar-refractivity contribution in [2.24, 2.45) is 0 Å². The number of rotatable bonds is 7. The lowest BCUT2D eigenvalue weighted by Gasteiger charge is -2.07. The lowest BCUT2D eigenvalue weighted by Crippen LogP contribution is -2.08. The molecule has 0 N–H and O–H groups in total. The Morgan fingerprint density at radius 3 is 2.85 bits per heavy atom. The summed E-state index contributed by atoms with van der Waals surface area (Å²) in [5, 5.41) is 2.84. The Morgan fingerprint density at radius 1 is 1.15 bits per heavy atom. The lowest BCUT2D eigenvalue weighted by molar-refractivity contribution is 0.568. The zero-order valence-electron chi connectivity index (χ0n) is 13.9. The predicted octanol–water partition coefficient (Wildman–Crippen LogP) is 4.10. The summed E-state index contributed by atoms with van der Waals surface area (Å²) in [6.07, 6.45) is 6.98. The molecular weight excluding hydrogens is 366 g/mol. The smallest absolute Gasteiger partial charge is 0.126 e. The Kier molecular flexibility index (Phi) is 5.08. The minimum Gasteiger partial charge on any atom is -0.472 e. The van der Waals surface area contributed by atoms with Gasteiger partial charge in [0.15, 0.2) is 0 Å². The molecule has 4 aromatic rings. The molecule has 7 heteroatoms. The van der Waals surface area contributed by atoms with Crippen molar-refractivity contribution >= 4 is 22.1 Å². The first-order chi connectivity index (χ1) is 12.8. The predicted molar refractivity (Wildman–Crippen MR) is 103 cm³/mol. The summed E-state index contributed by atoms with van der Waals surface area (Å²) >= 11 is 1.54. The highest BCUT2D eigenvalue weighted by molar-refractivity contribution is 7.83. The summed E-state index contributed by atoms with van der Waals surface area (Å²) in [6.45, 7) is 0.731. The van der Waals surface area contributed by atoms with Crippen molar-refractivity contribution in [1.82, 2.24) is 14.5 Å². The van der Waals surface area contributed by atoms with Crippen molar-refractivity contribution in [3.05, 3.63) is 83.8 Å². The van der Waals surface area contributed by atoms with Crippen LogP contribution in [0.3, 0.4) is 0 Å². The van der Waals surface area contributed by atoms with Crippen molar-refractivity contribution in [2.75, 3.05) is 0 Å². The molecule has 4 rings (SSSR count). The van der Waals surface area contributed by atoms with Gasteiger partial charge in [0.1, 0.15) is 17.1 Å². The highest BCUT2D eigenvalue weighted by atomic mass is 32.2. The molecule has 0 aliphatic heterocycles. The van der Waals surface area contributed by atoms with Crippen molar-refractivity contribution in [3.63, 3.8) is 0 Å². The second-order valence-corrected chi connectivity index (χ2v) is 8.16. The normalized spacial score (nSPS) is 12.3. The van der Waals surface area contributed by atoms with Gasteiger partial charge in [-0.15, -0.1) is 11.3 Å². The van der Waals surface area contributed by atoms with Crippen molar-refractivity contribution in [3.8, 4) is 10.6 Å². The zero-order chi connectivity index (χ0) is 17.8. The molecule has 132 valence electrons. The number of imidazole rings is 1. The van der Waals surface area contributed by atoms with E-state index in [0.717, 1.165) is 28.6 Å². The SMILES string of the molecule is O=[S@@](Cc1csc(-c2ccoc2)n1)Cc1nccn1Cc1ccccc1. The van der Waals surface area contributed by atoms with E-state index in [1.807, 2.05) is 40.4 Å². The molecule has 0 saturated heterocycles. The van der Waals surface area contributed by atoms with Crippen LogP contribution >= 0.6 is 11.3 Å². The number of benzene rings is 1. The summed E-state index contributed by atoms with van der Waals surface area (Å²) in [7, 11) is -1.06. The number of hydrogen-bond donors (Lipinski definition) is 0. The van der Waals surface area contributed by atoms with Gasteiger partial charge in [-0.2, -0.15) is 0 Å². The molecule has 5 nitrogen and oxygen atoms in total. The first-order valence-electron chi connectivity index (χ1n) is 8.14. The average Bonchev–Trinajstić information content (AvgIpc) is 3.38. The number of thiazole rings is 1. The maximum absolute atomic E-state index is 12.6. The third-order valence-electron chi connectivity index (χ3n) is 3.92. The maximum atomic E-state index is 12.6. The minimum atomic E-state index is -1.06. The molecule has 0 amide bonds. The van der Waals surface area contributed by atoms with Gasteiger partial charge in [-0.3, -0.25) is 4.21 Å². The Hall–Kier alpha value is -2.51. The first kappa shape index (κ1) is 16.9. The minimum absolute atomic E-state index is 0.415. The molecule has 0 spiro atoms. The van der Waals surface area contributed by atoms with E-state index in [1.165, 1.54) is 16.9 Å². The molecule has 0 bridgehead atoms. The van der Waals surface area contributed by atoms with E-state index in [2.05, 4.69) is 22.1 Å². The van der Waals surface area contributed by atoms with Gasteiger partial charge in [0.25, 0.3) is 0 Å². The van der Waals surface area contributed by atoms with Gasteiger partial charge >= 0.3 is 0 Å². The van der Waals surface area contributed by atoms with Crippen LogP contribution in [0, 0.1) is 0 Å². The summed E-state index contributed by atoms with van der Waals surface area (Å²) in [4.78, 5) is 8.93. The zero-order valence-corrected chi connectivity index (χ0v) is 15.6. The van der Waals surface area contributed by atoms with Crippen molar-refractivity contribution in [2.45, 2.75) is 18.1 Å². The third-order valence-corrected chi connectivity index (χ3v) is 6.05. The molecule has 0 unspecified atom stereocenters. The molecule has 3 heterocycles. The molecule has 0 aliphatic carbocycles. The standard InChI is InChI=1S/C19H17N3O2S2/c23-26(13-17-12-25-19(21-17)16-6-9-24-11-16)14-18-20-7-8-22(18)10-15-4-2-1-3-5-15/h1-9,11-12H,10,13-14H2/t26-/m0/s1. The maximum Gasteiger partial charge on any atom is 0.126 e. The van der Waals surface area contributed by atoms with E-state index in [0.29, 0.717) is 11.5 Å². The molecule has 1 aromatic carbocycles. The van der Waals surface area contributed by atoms with Gasteiger partial charge in [0.2, 0.25) is 0 Å². The van der Waals surface area contributed by atoms with Crippen LogP contribution in [0.5, 0.6) is 0 Å². The fraction of sp³-hybridized carbons (Fsp3) is 0.158. The van der Waals surface area contributed by atoms with E-state index in [4.69, 9.17) is 4.42 Å². The van der Waals surface area contributed by atoms with Crippen LogP contribution in [0.25, 0.3) is 10.6 Å². The topological polar surface area (TPSA) is 60.9 Å². The van der Waals surface area contributed by atoms with E-state index < -0.39 is 10.8 Å². The van der Waals surface area contributed by atoms with E-state index >= 15 is 0 Å².